The zero-order valence-electron chi connectivity index (χ0n) is 18.8. The van der Waals surface area contributed by atoms with Gasteiger partial charge < -0.3 is 24.3 Å². The van der Waals surface area contributed by atoms with E-state index in [-0.39, 0.29) is 37.2 Å². The minimum atomic E-state index is -1.33. The van der Waals surface area contributed by atoms with Gasteiger partial charge in [0, 0.05) is 38.1 Å². The number of anilines is 1. The monoisotopic (exact) mass is 458 g/mol. The number of rotatable bonds is 8. The molecule has 1 aromatic carbocycles. The number of hydrogen-bond acceptors (Lipinski definition) is 8. The topological polar surface area (TPSA) is 121 Å². The van der Waals surface area contributed by atoms with Crippen LogP contribution in [0.4, 0.5) is 5.69 Å². The van der Waals surface area contributed by atoms with Gasteiger partial charge in [0.25, 0.3) is 5.91 Å². The molecule has 0 aliphatic carbocycles. The number of methoxy groups -OCH3 is 1. The first-order chi connectivity index (χ1) is 15.9. The Balaban J connectivity index is 1.73. The molecule has 4 rings (SSSR count). The second kappa shape index (κ2) is 9.10. The fraction of sp³-hybridized carbons (Fsp3) is 0.455. The first-order valence-corrected chi connectivity index (χ1v) is 10.7. The van der Waals surface area contributed by atoms with Crippen molar-refractivity contribution in [3.05, 3.63) is 35.7 Å². The van der Waals surface area contributed by atoms with E-state index < -0.39 is 17.4 Å². The number of amides is 2. The van der Waals surface area contributed by atoms with Crippen molar-refractivity contribution in [2.24, 2.45) is 0 Å². The van der Waals surface area contributed by atoms with Gasteiger partial charge in [-0.2, -0.15) is 5.10 Å². The normalized spacial score (nSPS) is 18.8. The summed E-state index contributed by atoms with van der Waals surface area (Å²) in [5, 5.41) is 7.12. The summed E-state index contributed by atoms with van der Waals surface area (Å²) in [6, 6.07) is 6.43. The molecular weight excluding hydrogens is 432 g/mol. The van der Waals surface area contributed by atoms with Gasteiger partial charge in [0.1, 0.15) is 11.2 Å². The van der Waals surface area contributed by atoms with E-state index in [0.29, 0.717) is 36.8 Å². The van der Waals surface area contributed by atoms with E-state index in [1.807, 2.05) is 0 Å². The summed E-state index contributed by atoms with van der Waals surface area (Å²) in [7, 11) is 1.59. The largest absolute Gasteiger partial charge is 0.461 e. The van der Waals surface area contributed by atoms with Crippen molar-refractivity contribution in [2.75, 3.05) is 38.6 Å². The highest BCUT2D eigenvalue weighted by Gasteiger charge is 2.49. The fourth-order valence-corrected chi connectivity index (χ4v) is 3.92. The molecular formula is C22H26N4O7. The third-order valence-electron chi connectivity index (χ3n) is 5.55. The molecule has 2 amide bonds. The standard InChI is InChI=1S/C22H26N4O7/c1-4-31-20(28)15-11-16-19(27)26(14-6-7-17-18(10-14)33-13-32-17)22(2,12-25(16)24-15)21(29)23-8-5-9-30-3/h6-7,10-11H,4-5,8-9,12-13H2,1-3H3,(H,23,29)/t22-/m0/s1. The summed E-state index contributed by atoms with van der Waals surface area (Å²) in [5.74, 6) is -0.424. The summed E-state index contributed by atoms with van der Waals surface area (Å²) in [4.78, 5) is 40.6. The molecule has 11 heteroatoms. The first-order valence-electron chi connectivity index (χ1n) is 10.7. The van der Waals surface area contributed by atoms with Gasteiger partial charge in [0.15, 0.2) is 17.2 Å². The molecule has 0 saturated carbocycles. The Bertz CT molecular complexity index is 1080. The van der Waals surface area contributed by atoms with Crippen LogP contribution in [-0.4, -0.2) is 66.8 Å². The molecule has 11 nitrogen and oxygen atoms in total. The lowest BCUT2D eigenvalue weighted by Gasteiger charge is -2.43. The van der Waals surface area contributed by atoms with Gasteiger partial charge in [-0.1, -0.05) is 0 Å². The van der Waals surface area contributed by atoms with Crippen molar-refractivity contribution in [3.63, 3.8) is 0 Å². The van der Waals surface area contributed by atoms with Gasteiger partial charge in [-0.25, -0.2) is 4.79 Å². The zero-order chi connectivity index (χ0) is 23.6. The molecule has 0 saturated heterocycles. The summed E-state index contributed by atoms with van der Waals surface area (Å²) in [6.45, 7) is 4.53. The number of nitrogens with one attached hydrogen (secondary N) is 1. The van der Waals surface area contributed by atoms with Crippen LogP contribution in [-0.2, 0) is 20.8 Å². The average Bonchev–Trinajstić information content (AvgIpc) is 3.43. The van der Waals surface area contributed by atoms with Crippen molar-refractivity contribution in [3.8, 4) is 11.5 Å². The molecule has 0 unspecified atom stereocenters. The van der Waals surface area contributed by atoms with E-state index in [4.69, 9.17) is 18.9 Å². The number of aromatic nitrogens is 2. The zero-order valence-corrected chi connectivity index (χ0v) is 18.8. The van der Waals surface area contributed by atoms with Crippen LogP contribution < -0.4 is 19.7 Å². The van der Waals surface area contributed by atoms with Gasteiger partial charge in [-0.05, 0) is 32.4 Å². The van der Waals surface area contributed by atoms with Crippen LogP contribution in [0.5, 0.6) is 11.5 Å². The number of hydrogen-bond donors (Lipinski definition) is 1. The lowest BCUT2D eigenvalue weighted by atomic mass is 9.94. The van der Waals surface area contributed by atoms with Gasteiger partial charge in [0.2, 0.25) is 12.7 Å². The highest BCUT2D eigenvalue weighted by atomic mass is 16.7. The Hall–Kier alpha value is -3.60. The highest BCUT2D eigenvalue weighted by molar-refractivity contribution is 6.12. The van der Waals surface area contributed by atoms with Gasteiger partial charge in [-0.3, -0.25) is 19.2 Å². The second-order valence-corrected chi connectivity index (χ2v) is 7.85. The maximum atomic E-state index is 13.6. The predicted molar refractivity (Wildman–Crippen MR) is 115 cm³/mol. The van der Waals surface area contributed by atoms with Crippen LogP contribution in [0.1, 0.15) is 41.2 Å². The summed E-state index contributed by atoms with van der Waals surface area (Å²) >= 11 is 0. The third-order valence-corrected chi connectivity index (χ3v) is 5.55. The number of nitrogens with zero attached hydrogens (tertiary/aromatic N) is 3. The van der Waals surface area contributed by atoms with E-state index >= 15 is 0 Å². The number of fused-ring (bicyclic) bond motifs is 2. The molecule has 3 heterocycles. The minimum absolute atomic E-state index is 0.00980. The van der Waals surface area contributed by atoms with Crippen molar-refractivity contribution in [2.45, 2.75) is 32.4 Å². The molecule has 33 heavy (non-hydrogen) atoms. The van der Waals surface area contributed by atoms with E-state index in [9.17, 15) is 14.4 Å². The molecule has 0 spiro atoms. The summed E-state index contributed by atoms with van der Waals surface area (Å²) in [6.07, 6.45) is 0.621. The smallest absolute Gasteiger partial charge is 0.358 e. The van der Waals surface area contributed by atoms with E-state index in [1.165, 1.54) is 15.6 Å². The van der Waals surface area contributed by atoms with Crippen LogP contribution >= 0.6 is 0 Å². The first kappa shape index (κ1) is 22.6. The number of carbonyl (C=O) groups is 3. The van der Waals surface area contributed by atoms with Crippen LogP contribution in [0.2, 0.25) is 0 Å². The molecule has 2 aliphatic heterocycles. The van der Waals surface area contributed by atoms with Crippen molar-refractivity contribution < 1.29 is 33.3 Å². The third kappa shape index (κ3) is 4.11. The van der Waals surface area contributed by atoms with Crippen LogP contribution in [0.15, 0.2) is 24.3 Å². The fourth-order valence-electron chi connectivity index (χ4n) is 3.92. The maximum Gasteiger partial charge on any atom is 0.358 e. The summed E-state index contributed by atoms with van der Waals surface area (Å²) in [5.41, 5.74) is -0.678. The molecule has 1 atom stereocenters. The SMILES string of the molecule is CCOC(=O)c1cc2n(n1)C[C@@](C)(C(=O)NCCCOC)N(c1ccc3c(c1)OCO3)C2=O. The Morgan fingerprint density at radius 3 is 2.79 bits per heavy atom. The highest BCUT2D eigenvalue weighted by Crippen LogP contribution is 2.39. The number of ether oxygens (including phenoxy) is 4. The van der Waals surface area contributed by atoms with Gasteiger partial charge in [0.05, 0.1) is 13.2 Å². The molecule has 1 N–H and O–H groups in total. The quantitative estimate of drug-likeness (QED) is 0.465. The second-order valence-electron chi connectivity index (χ2n) is 7.85. The number of carbonyl (C=O) groups excluding carboxylic acids is 3. The number of benzene rings is 1. The Labute approximate surface area is 190 Å². The Kier molecular flexibility index (Phi) is 6.23. The van der Waals surface area contributed by atoms with Crippen molar-refractivity contribution >= 4 is 23.5 Å². The minimum Gasteiger partial charge on any atom is -0.461 e. The average molecular weight is 458 g/mol. The van der Waals surface area contributed by atoms with Crippen molar-refractivity contribution in [1.29, 1.82) is 0 Å². The lowest BCUT2D eigenvalue weighted by Crippen LogP contribution is -2.64. The molecule has 1 aromatic heterocycles. The van der Waals surface area contributed by atoms with Crippen molar-refractivity contribution in [1.82, 2.24) is 15.1 Å². The summed E-state index contributed by atoms with van der Waals surface area (Å²) < 4.78 is 22.3. The lowest BCUT2D eigenvalue weighted by molar-refractivity contribution is -0.126. The van der Waals surface area contributed by atoms with E-state index in [2.05, 4.69) is 10.4 Å². The molecule has 2 aliphatic rings. The van der Waals surface area contributed by atoms with Crippen LogP contribution in [0.25, 0.3) is 0 Å². The van der Waals surface area contributed by atoms with Gasteiger partial charge >= 0.3 is 5.97 Å². The molecule has 0 radical (unpaired) electrons. The number of esters is 1. The maximum absolute atomic E-state index is 13.6. The molecule has 0 bridgehead atoms. The van der Waals surface area contributed by atoms with E-state index in [1.54, 1.807) is 39.2 Å². The molecule has 176 valence electrons. The molecule has 0 fully saturated rings. The Morgan fingerprint density at radius 1 is 1.24 bits per heavy atom. The van der Waals surface area contributed by atoms with Crippen LogP contribution in [0, 0.1) is 0 Å². The van der Waals surface area contributed by atoms with Gasteiger partial charge in [-0.15, -0.1) is 0 Å². The molecule has 2 aromatic rings. The Morgan fingerprint density at radius 2 is 2.03 bits per heavy atom. The predicted octanol–water partition coefficient (Wildman–Crippen LogP) is 1.36. The van der Waals surface area contributed by atoms with E-state index in [0.717, 1.165) is 0 Å². The van der Waals surface area contributed by atoms with Crippen LogP contribution in [0.3, 0.4) is 0 Å².